The second-order valence-corrected chi connectivity index (χ2v) is 3.07. The SMILES string of the molecule is CN1CSCN(C)C1=O. The summed E-state index contributed by atoms with van der Waals surface area (Å²) in [5.74, 6) is 1.65. The van der Waals surface area contributed by atoms with E-state index in [1.807, 2.05) is 14.1 Å². The topological polar surface area (TPSA) is 23.6 Å². The molecule has 0 aliphatic carbocycles. The van der Waals surface area contributed by atoms with Crippen LogP contribution in [0.4, 0.5) is 4.79 Å². The minimum absolute atomic E-state index is 0.119. The molecule has 2 amide bonds. The van der Waals surface area contributed by atoms with Crippen molar-refractivity contribution in [2.45, 2.75) is 0 Å². The van der Waals surface area contributed by atoms with Crippen LogP contribution in [-0.4, -0.2) is 41.7 Å². The fourth-order valence-corrected chi connectivity index (χ4v) is 1.57. The molecule has 0 aromatic carbocycles. The Bertz CT molecular complexity index is 116. The molecule has 52 valence electrons. The van der Waals surface area contributed by atoms with Crippen LogP contribution in [0.15, 0.2) is 0 Å². The first-order valence-corrected chi connectivity index (χ1v) is 3.91. The van der Waals surface area contributed by atoms with Gasteiger partial charge in [-0.25, -0.2) is 4.79 Å². The van der Waals surface area contributed by atoms with Gasteiger partial charge < -0.3 is 9.80 Å². The van der Waals surface area contributed by atoms with Crippen molar-refractivity contribution in [1.29, 1.82) is 0 Å². The Labute approximate surface area is 59.0 Å². The molecule has 0 bridgehead atoms. The van der Waals surface area contributed by atoms with Crippen molar-refractivity contribution in [2.75, 3.05) is 25.8 Å². The lowest BCUT2D eigenvalue weighted by atomic mass is 10.7. The fourth-order valence-electron chi connectivity index (χ4n) is 0.717. The Hall–Kier alpha value is -0.380. The smallest absolute Gasteiger partial charge is 0.318 e. The van der Waals surface area contributed by atoms with E-state index >= 15 is 0 Å². The lowest BCUT2D eigenvalue weighted by Gasteiger charge is -2.29. The monoisotopic (exact) mass is 146 g/mol. The molecular weight excluding hydrogens is 136 g/mol. The molecule has 3 nitrogen and oxygen atoms in total. The third-order valence-electron chi connectivity index (χ3n) is 1.22. The van der Waals surface area contributed by atoms with E-state index in [9.17, 15) is 4.79 Å². The summed E-state index contributed by atoms with van der Waals surface area (Å²) in [6, 6.07) is 0.119. The van der Waals surface area contributed by atoms with E-state index < -0.39 is 0 Å². The van der Waals surface area contributed by atoms with Crippen molar-refractivity contribution in [1.82, 2.24) is 9.80 Å². The minimum Gasteiger partial charge on any atom is -0.318 e. The van der Waals surface area contributed by atoms with Gasteiger partial charge in [0.15, 0.2) is 0 Å². The van der Waals surface area contributed by atoms with Crippen LogP contribution in [0.25, 0.3) is 0 Å². The lowest BCUT2D eigenvalue weighted by molar-refractivity contribution is 0.183. The van der Waals surface area contributed by atoms with Crippen LogP contribution in [0.3, 0.4) is 0 Å². The van der Waals surface area contributed by atoms with Crippen LogP contribution in [0, 0.1) is 0 Å². The second-order valence-electron chi connectivity index (χ2n) is 2.14. The predicted octanol–water partition coefficient (Wildman–Crippen LogP) is 0.632. The van der Waals surface area contributed by atoms with Gasteiger partial charge in [-0.15, -0.1) is 11.8 Å². The summed E-state index contributed by atoms with van der Waals surface area (Å²) in [4.78, 5) is 14.4. The molecule has 1 saturated heterocycles. The van der Waals surface area contributed by atoms with Gasteiger partial charge in [-0.05, 0) is 0 Å². The quantitative estimate of drug-likeness (QED) is 0.500. The Morgan fingerprint density at radius 2 is 1.78 bits per heavy atom. The molecule has 1 aliphatic heterocycles. The average molecular weight is 146 g/mol. The van der Waals surface area contributed by atoms with Crippen molar-refractivity contribution < 1.29 is 4.79 Å². The summed E-state index contributed by atoms with van der Waals surface area (Å²) in [6.45, 7) is 0. The largest absolute Gasteiger partial charge is 0.320 e. The van der Waals surface area contributed by atoms with E-state index in [1.165, 1.54) is 0 Å². The number of thioether (sulfide) groups is 1. The molecule has 9 heavy (non-hydrogen) atoms. The number of urea groups is 1. The zero-order valence-corrected chi connectivity index (χ0v) is 6.44. The van der Waals surface area contributed by atoms with E-state index in [2.05, 4.69) is 0 Å². The van der Waals surface area contributed by atoms with Gasteiger partial charge in [0, 0.05) is 14.1 Å². The average Bonchev–Trinajstić information content (AvgIpc) is 1.83. The first-order valence-electron chi connectivity index (χ1n) is 2.76. The summed E-state index contributed by atoms with van der Waals surface area (Å²) in [7, 11) is 3.62. The molecule has 1 aliphatic rings. The van der Waals surface area contributed by atoms with Gasteiger partial charge in [-0.2, -0.15) is 0 Å². The number of hydrogen-bond acceptors (Lipinski definition) is 2. The molecule has 0 aromatic heterocycles. The molecule has 0 aromatic rings. The van der Waals surface area contributed by atoms with Crippen molar-refractivity contribution in [3.8, 4) is 0 Å². The number of hydrogen-bond donors (Lipinski definition) is 0. The summed E-state index contributed by atoms with van der Waals surface area (Å²) < 4.78 is 0. The zero-order valence-electron chi connectivity index (χ0n) is 5.63. The molecule has 0 atom stereocenters. The molecule has 0 radical (unpaired) electrons. The predicted molar refractivity (Wildman–Crippen MR) is 38.2 cm³/mol. The van der Waals surface area contributed by atoms with Crippen molar-refractivity contribution >= 4 is 17.8 Å². The molecule has 0 unspecified atom stereocenters. The number of carbonyl (C=O) groups excluding carboxylic acids is 1. The lowest BCUT2D eigenvalue weighted by Crippen LogP contribution is -2.42. The molecule has 4 heteroatoms. The van der Waals surface area contributed by atoms with E-state index in [0.717, 1.165) is 11.8 Å². The summed E-state index contributed by atoms with van der Waals surface area (Å²) in [6.07, 6.45) is 0. The van der Waals surface area contributed by atoms with Crippen molar-refractivity contribution in [3.05, 3.63) is 0 Å². The van der Waals surface area contributed by atoms with Crippen LogP contribution >= 0.6 is 11.8 Å². The van der Waals surface area contributed by atoms with Crippen LogP contribution in [0.2, 0.25) is 0 Å². The van der Waals surface area contributed by atoms with Gasteiger partial charge in [0.1, 0.15) is 0 Å². The van der Waals surface area contributed by atoms with Gasteiger partial charge in [-0.1, -0.05) is 0 Å². The molecule has 1 heterocycles. The third kappa shape index (κ3) is 1.30. The van der Waals surface area contributed by atoms with Crippen molar-refractivity contribution in [2.24, 2.45) is 0 Å². The van der Waals surface area contributed by atoms with Gasteiger partial charge in [0.05, 0.1) is 11.8 Å². The van der Waals surface area contributed by atoms with Gasteiger partial charge in [-0.3, -0.25) is 0 Å². The number of rotatable bonds is 0. The van der Waals surface area contributed by atoms with Crippen molar-refractivity contribution in [3.63, 3.8) is 0 Å². The normalized spacial score (nSPS) is 20.9. The summed E-state index contributed by atoms with van der Waals surface area (Å²) in [5, 5.41) is 0. The van der Waals surface area contributed by atoms with Crippen LogP contribution in [-0.2, 0) is 0 Å². The van der Waals surface area contributed by atoms with E-state index in [0.29, 0.717) is 0 Å². The maximum Gasteiger partial charge on any atom is 0.320 e. The zero-order chi connectivity index (χ0) is 6.85. The molecule has 0 saturated carbocycles. The second kappa shape index (κ2) is 2.47. The molecule has 0 spiro atoms. The highest BCUT2D eigenvalue weighted by atomic mass is 32.2. The molecular formula is C5H10N2OS. The summed E-state index contributed by atoms with van der Waals surface area (Å²) >= 11 is 1.75. The van der Waals surface area contributed by atoms with Crippen LogP contribution < -0.4 is 0 Å². The van der Waals surface area contributed by atoms with E-state index in [1.54, 1.807) is 21.6 Å². The maximum absolute atomic E-state index is 11.0. The highest BCUT2D eigenvalue weighted by Crippen LogP contribution is 2.12. The third-order valence-corrected chi connectivity index (χ3v) is 2.36. The Balaban J connectivity index is 2.52. The first-order chi connectivity index (χ1) is 4.22. The van der Waals surface area contributed by atoms with E-state index in [-0.39, 0.29) is 6.03 Å². The Morgan fingerprint density at radius 1 is 1.33 bits per heavy atom. The summed E-state index contributed by atoms with van der Waals surface area (Å²) in [5.41, 5.74) is 0. The van der Waals surface area contributed by atoms with E-state index in [4.69, 9.17) is 0 Å². The standard InChI is InChI=1S/C5H10N2OS/c1-6-3-9-4-7(2)5(6)8/h3-4H2,1-2H3. The number of amides is 2. The highest BCUT2D eigenvalue weighted by Gasteiger charge is 2.18. The fraction of sp³-hybridized carbons (Fsp3) is 0.800. The van der Waals surface area contributed by atoms with Crippen LogP contribution in [0.5, 0.6) is 0 Å². The van der Waals surface area contributed by atoms with Gasteiger partial charge >= 0.3 is 6.03 Å². The highest BCUT2D eigenvalue weighted by molar-refractivity contribution is 7.99. The first kappa shape index (κ1) is 6.74. The minimum atomic E-state index is 0.119. The molecule has 0 N–H and O–H groups in total. The Morgan fingerprint density at radius 3 is 2.11 bits per heavy atom. The number of carbonyl (C=O) groups is 1. The van der Waals surface area contributed by atoms with Crippen LogP contribution in [0.1, 0.15) is 0 Å². The molecule has 1 rings (SSSR count). The van der Waals surface area contributed by atoms with Gasteiger partial charge in [0.25, 0.3) is 0 Å². The van der Waals surface area contributed by atoms with Gasteiger partial charge in [0.2, 0.25) is 0 Å². The Kier molecular flexibility index (Phi) is 1.85. The molecule has 1 fully saturated rings. The maximum atomic E-state index is 11.0. The number of nitrogens with zero attached hydrogens (tertiary/aromatic N) is 2.